The van der Waals surface area contributed by atoms with Crippen LogP contribution in [0.25, 0.3) is 113 Å². The molecular weight excluding hydrogens is 821 g/mol. The maximum absolute atomic E-state index is 7.15. The van der Waals surface area contributed by atoms with Crippen LogP contribution in [0.15, 0.2) is 235 Å². The number of furan rings is 1. The summed E-state index contributed by atoms with van der Waals surface area (Å²) in [5.74, 6) is 0. The van der Waals surface area contributed by atoms with Gasteiger partial charge >= 0.3 is 0 Å². The van der Waals surface area contributed by atoms with Crippen LogP contribution >= 0.6 is 11.3 Å². The standard InChI is InChI=1S/C62H38N2OS/c1-2-17-41-39(16-1)32-34-47-43(41)24-15-29-56(47)64(52-25-9-3-18-42(52)40-33-37-60-51(38-40)48-22-8-14-31-59(48)66-60)57-36-35-49(62-61(57)50-23-7-13-30-58(50)65-62)46-21-6-12-28-55(46)63-53-26-10-4-19-44(53)45-20-5-11-27-54(45)63/h1-38H. The van der Waals surface area contributed by atoms with Crippen molar-refractivity contribution in [3.63, 3.8) is 0 Å². The quantitative estimate of drug-likeness (QED) is 0.155. The summed E-state index contributed by atoms with van der Waals surface area (Å²) in [5.41, 5.74) is 12.8. The highest BCUT2D eigenvalue weighted by atomic mass is 32.1. The van der Waals surface area contributed by atoms with Gasteiger partial charge in [0.15, 0.2) is 0 Å². The van der Waals surface area contributed by atoms with E-state index in [-0.39, 0.29) is 0 Å². The number of nitrogens with zero attached hydrogens (tertiary/aromatic N) is 2. The second kappa shape index (κ2) is 14.5. The molecule has 0 N–H and O–H groups in total. The van der Waals surface area contributed by atoms with Crippen molar-refractivity contribution in [1.82, 2.24) is 4.57 Å². The van der Waals surface area contributed by atoms with Crippen molar-refractivity contribution in [2.24, 2.45) is 0 Å². The number of aromatic nitrogens is 1. The topological polar surface area (TPSA) is 21.3 Å². The van der Waals surface area contributed by atoms with E-state index in [2.05, 4.69) is 240 Å². The van der Waals surface area contributed by atoms with E-state index in [0.717, 1.165) is 61.4 Å². The molecule has 0 aliphatic heterocycles. The van der Waals surface area contributed by atoms with Gasteiger partial charge in [-0.15, -0.1) is 11.3 Å². The summed E-state index contributed by atoms with van der Waals surface area (Å²) in [6.45, 7) is 0. The van der Waals surface area contributed by atoms with Crippen molar-refractivity contribution >= 4 is 114 Å². The molecule has 0 aliphatic rings. The molecule has 0 aliphatic carbocycles. The summed E-state index contributed by atoms with van der Waals surface area (Å²) in [6.07, 6.45) is 0. The molecule has 0 spiro atoms. The lowest BCUT2D eigenvalue weighted by Gasteiger charge is -2.30. The van der Waals surface area contributed by atoms with Gasteiger partial charge in [-0.05, 0) is 88.5 Å². The minimum atomic E-state index is 0.848. The maximum Gasteiger partial charge on any atom is 0.145 e. The van der Waals surface area contributed by atoms with Crippen molar-refractivity contribution < 1.29 is 4.42 Å². The molecule has 0 amide bonds. The number of fused-ring (bicyclic) bond motifs is 12. The van der Waals surface area contributed by atoms with E-state index in [1.807, 2.05) is 11.3 Å². The highest BCUT2D eigenvalue weighted by Crippen LogP contribution is 2.51. The normalized spacial score (nSPS) is 11.9. The van der Waals surface area contributed by atoms with Gasteiger partial charge in [0, 0.05) is 58.4 Å². The first-order valence-electron chi connectivity index (χ1n) is 22.5. The fraction of sp³-hybridized carbons (Fsp3) is 0. The molecule has 308 valence electrons. The smallest absolute Gasteiger partial charge is 0.145 e. The van der Waals surface area contributed by atoms with Gasteiger partial charge in [0.05, 0.1) is 39.2 Å². The molecule has 0 saturated heterocycles. The van der Waals surface area contributed by atoms with E-state index in [1.54, 1.807) is 0 Å². The van der Waals surface area contributed by atoms with Crippen LogP contribution < -0.4 is 4.90 Å². The third-order valence-corrected chi connectivity index (χ3v) is 14.7. The third-order valence-electron chi connectivity index (χ3n) is 13.6. The van der Waals surface area contributed by atoms with Gasteiger partial charge in [0.2, 0.25) is 0 Å². The van der Waals surface area contributed by atoms with Gasteiger partial charge in [-0.2, -0.15) is 0 Å². The molecule has 4 heteroatoms. The number of anilines is 3. The van der Waals surface area contributed by atoms with Crippen LogP contribution in [0.4, 0.5) is 17.1 Å². The van der Waals surface area contributed by atoms with Gasteiger partial charge in [-0.3, -0.25) is 0 Å². The highest BCUT2D eigenvalue weighted by molar-refractivity contribution is 7.25. The Morgan fingerprint density at radius 1 is 0.364 bits per heavy atom. The first-order chi connectivity index (χ1) is 32.8. The SMILES string of the molecule is c1ccc(N(c2cccc3c2ccc2ccccc23)c2ccc(-c3ccccc3-n3c4ccccc4c4ccccc43)c3oc4ccccc4c23)c(-c2ccc3sc4ccccc4c3c2)c1. The lowest BCUT2D eigenvalue weighted by atomic mass is 9.95. The lowest BCUT2D eigenvalue weighted by Crippen LogP contribution is -2.12. The third kappa shape index (κ3) is 5.49. The summed E-state index contributed by atoms with van der Waals surface area (Å²) in [4.78, 5) is 2.50. The van der Waals surface area contributed by atoms with Crippen LogP contribution in [-0.4, -0.2) is 4.57 Å². The fourth-order valence-electron chi connectivity index (χ4n) is 10.7. The fourth-order valence-corrected chi connectivity index (χ4v) is 11.8. The highest BCUT2D eigenvalue weighted by Gasteiger charge is 2.27. The van der Waals surface area contributed by atoms with Gasteiger partial charge in [0.1, 0.15) is 11.2 Å². The van der Waals surface area contributed by atoms with E-state index in [0.29, 0.717) is 0 Å². The Labute approximate surface area is 384 Å². The summed E-state index contributed by atoms with van der Waals surface area (Å²) < 4.78 is 12.2. The van der Waals surface area contributed by atoms with Crippen molar-refractivity contribution in [1.29, 1.82) is 0 Å². The van der Waals surface area contributed by atoms with E-state index >= 15 is 0 Å². The summed E-state index contributed by atoms with van der Waals surface area (Å²) >= 11 is 1.85. The minimum Gasteiger partial charge on any atom is -0.455 e. The number of benzene rings is 11. The average Bonchev–Trinajstić information content (AvgIpc) is 4.07. The largest absolute Gasteiger partial charge is 0.455 e. The summed E-state index contributed by atoms with van der Waals surface area (Å²) in [5, 5.41) is 12.0. The molecule has 0 bridgehead atoms. The first-order valence-corrected chi connectivity index (χ1v) is 23.3. The van der Waals surface area contributed by atoms with Crippen LogP contribution in [0.5, 0.6) is 0 Å². The van der Waals surface area contributed by atoms with Crippen LogP contribution in [0, 0.1) is 0 Å². The van der Waals surface area contributed by atoms with Crippen molar-refractivity contribution in [3.8, 4) is 27.9 Å². The number of para-hydroxylation sites is 5. The van der Waals surface area contributed by atoms with E-state index in [4.69, 9.17) is 4.42 Å². The number of thiophene rings is 1. The zero-order valence-corrected chi connectivity index (χ0v) is 36.5. The Kier molecular flexibility index (Phi) is 8.15. The Morgan fingerprint density at radius 2 is 1.00 bits per heavy atom. The van der Waals surface area contributed by atoms with Crippen LogP contribution in [0.1, 0.15) is 0 Å². The molecule has 3 heterocycles. The summed E-state index contributed by atoms with van der Waals surface area (Å²) in [6, 6.07) is 84.0. The number of hydrogen-bond acceptors (Lipinski definition) is 3. The van der Waals surface area contributed by atoms with Gasteiger partial charge in [0.25, 0.3) is 0 Å². The monoisotopic (exact) mass is 858 g/mol. The first kappa shape index (κ1) is 37.0. The zero-order chi connectivity index (χ0) is 43.3. The molecule has 66 heavy (non-hydrogen) atoms. The Bertz CT molecular complexity index is 4210. The van der Waals surface area contributed by atoms with E-state index < -0.39 is 0 Å². The van der Waals surface area contributed by atoms with Gasteiger partial charge < -0.3 is 13.9 Å². The zero-order valence-electron chi connectivity index (χ0n) is 35.7. The molecule has 0 unspecified atom stereocenters. The molecule has 0 fully saturated rings. The Balaban J connectivity index is 1.07. The molecule has 14 aromatic rings. The van der Waals surface area contributed by atoms with Crippen LogP contribution in [0.3, 0.4) is 0 Å². The second-order valence-electron chi connectivity index (χ2n) is 17.1. The lowest BCUT2D eigenvalue weighted by molar-refractivity contribution is 0.670. The van der Waals surface area contributed by atoms with Gasteiger partial charge in [-0.1, -0.05) is 164 Å². The van der Waals surface area contributed by atoms with Gasteiger partial charge in [-0.25, -0.2) is 0 Å². The van der Waals surface area contributed by atoms with Crippen LogP contribution in [0.2, 0.25) is 0 Å². The van der Waals surface area contributed by atoms with E-state index in [9.17, 15) is 0 Å². The molecular formula is C62H38N2OS. The van der Waals surface area contributed by atoms with Crippen molar-refractivity contribution in [2.75, 3.05) is 4.90 Å². The van der Waals surface area contributed by atoms with Crippen molar-refractivity contribution in [3.05, 3.63) is 231 Å². The number of hydrogen-bond donors (Lipinski definition) is 0. The predicted molar refractivity (Wildman–Crippen MR) is 282 cm³/mol. The summed E-state index contributed by atoms with van der Waals surface area (Å²) in [7, 11) is 0. The Hall–Kier alpha value is -8.44. The molecule has 0 atom stereocenters. The minimum absolute atomic E-state index is 0.848. The van der Waals surface area contributed by atoms with Crippen molar-refractivity contribution in [2.45, 2.75) is 0 Å². The maximum atomic E-state index is 7.15. The molecule has 3 nitrogen and oxygen atoms in total. The Morgan fingerprint density at radius 3 is 1.85 bits per heavy atom. The molecule has 0 radical (unpaired) electrons. The average molecular weight is 859 g/mol. The predicted octanol–water partition coefficient (Wildman–Crippen LogP) is 18.2. The van der Waals surface area contributed by atoms with E-state index in [1.165, 1.54) is 69.1 Å². The molecule has 3 aromatic heterocycles. The number of rotatable bonds is 6. The second-order valence-corrected chi connectivity index (χ2v) is 18.2. The molecule has 11 aromatic carbocycles. The molecule has 0 saturated carbocycles. The van der Waals surface area contributed by atoms with Crippen LogP contribution in [-0.2, 0) is 0 Å². The molecule has 14 rings (SSSR count).